The van der Waals surface area contributed by atoms with Crippen LogP contribution in [-0.4, -0.2) is 65.1 Å². The third-order valence-electron chi connectivity index (χ3n) is 5.74. The Labute approximate surface area is 192 Å². The summed E-state index contributed by atoms with van der Waals surface area (Å²) < 4.78 is 5.47. The molecule has 1 fully saturated rings. The van der Waals surface area contributed by atoms with Crippen LogP contribution in [0.1, 0.15) is 23.1 Å². The van der Waals surface area contributed by atoms with Crippen LogP contribution in [0.2, 0.25) is 0 Å². The molecule has 1 atom stereocenters. The van der Waals surface area contributed by atoms with Gasteiger partial charge in [0.25, 0.3) is 0 Å². The summed E-state index contributed by atoms with van der Waals surface area (Å²) in [6.07, 6.45) is 0. The predicted molar refractivity (Wildman–Crippen MR) is 123 cm³/mol. The first-order valence-electron chi connectivity index (χ1n) is 11.0. The van der Waals surface area contributed by atoms with Gasteiger partial charge in [0.15, 0.2) is 0 Å². The molecule has 0 bridgehead atoms. The first-order chi connectivity index (χ1) is 16.0. The second-order valence-corrected chi connectivity index (χ2v) is 8.07. The van der Waals surface area contributed by atoms with E-state index in [2.05, 4.69) is 30.6 Å². The normalized spacial score (nSPS) is 15.7. The minimum atomic E-state index is -0.540. The van der Waals surface area contributed by atoms with E-state index < -0.39 is 12.1 Å². The van der Waals surface area contributed by atoms with Crippen molar-refractivity contribution in [2.75, 3.05) is 33.2 Å². The lowest BCUT2D eigenvalue weighted by atomic mass is 10.0. The second kappa shape index (κ2) is 10.4. The number of rotatable bonds is 6. The van der Waals surface area contributed by atoms with Crippen LogP contribution in [0.4, 0.5) is 4.79 Å². The Morgan fingerprint density at radius 3 is 2.39 bits per heavy atom. The standard InChI is InChI=1S/C24H28N6O3/c1-17-8-10-19(11-9-17)22-26-20(33-28-22)16-29-12-14-30(15-13-29)21(18-6-4-3-5-7-18)23(31)27-24(32)25-2/h3-11,21H,12-16H2,1-2H3,(H2,25,27,31,32). The van der Waals surface area contributed by atoms with Gasteiger partial charge in [-0.15, -0.1) is 0 Å². The molecule has 1 aromatic heterocycles. The Morgan fingerprint density at radius 1 is 1.03 bits per heavy atom. The first-order valence-corrected chi connectivity index (χ1v) is 11.0. The van der Waals surface area contributed by atoms with E-state index in [9.17, 15) is 9.59 Å². The van der Waals surface area contributed by atoms with Gasteiger partial charge in [-0.2, -0.15) is 4.98 Å². The Kier molecular flexibility index (Phi) is 7.11. The number of aromatic nitrogens is 2. The number of imide groups is 1. The van der Waals surface area contributed by atoms with E-state index in [-0.39, 0.29) is 5.91 Å². The molecule has 9 nitrogen and oxygen atoms in total. The summed E-state index contributed by atoms with van der Waals surface area (Å²) in [6, 6.07) is 16.5. The Hall–Kier alpha value is -3.56. The van der Waals surface area contributed by atoms with Gasteiger partial charge in [0, 0.05) is 38.8 Å². The van der Waals surface area contributed by atoms with Gasteiger partial charge < -0.3 is 9.84 Å². The number of aryl methyl sites for hydroxylation is 1. The van der Waals surface area contributed by atoms with Crippen molar-refractivity contribution in [3.05, 3.63) is 71.6 Å². The third-order valence-corrected chi connectivity index (χ3v) is 5.74. The van der Waals surface area contributed by atoms with Crippen molar-refractivity contribution in [2.45, 2.75) is 19.5 Å². The summed E-state index contributed by atoms with van der Waals surface area (Å²) in [4.78, 5) is 33.5. The highest BCUT2D eigenvalue weighted by Gasteiger charge is 2.31. The van der Waals surface area contributed by atoms with Crippen LogP contribution in [0.3, 0.4) is 0 Å². The maximum absolute atomic E-state index is 12.9. The average molecular weight is 449 g/mol. The summed E-state index contributed by atoms with van der Waals surface area (Å²) in [7, 11) is 1.49. The largest absolute Gasteiger partial charge is 0.341 e. The molecule has 0 aliphatic carbocycles. The molecule has 2 heterocycles. The van der Waals surface area contributed by atoms with E-state index in [1.54, 1.807) is 0 Å². The summed E-state index contributed by atoms with van der Waals surface area (Å²) in [5.74, 6) is 0.809. The molecule has 1 unspecified atom stereocenters. The van der Waals surface area contributed by atoms with Gasteiger partial charge in [-0.05, 0) is 12.5 Å². The second-order valence-electron chi connectivity index (χ2n) is 8.07. The van der Waals surface area contributed by atoms with E-state index in [4.69, 9.17) is 4.52 Å². The van der Waals surface area contributed by atoms with Crippen LogP contribution >= 0.6 is 0 Å². The highest BCUT2D eigenvalue weighted by molar-refractivity contribution is 5.97. The molecule has 2 aromatic carbocycles. The minimum Gasteiger partial charge on any atom is -0.341 e. The number of nitrogens with one attached hydrogen (secondary N) is 2. The van der Waals surface area contributed by atoms with E-state index >= 15 is 0 Å². The smallest absolute Gasteiger partial charge is 0.321 e. The molecule has 0 saturated carbocycles. The van der Waals surface area contributed by atoms with Gasteiger partial charge in [0.2, 0.25) is 17.6 Å². The molecule has 2 N–H and O–H groups in total. The molecule has 1 saturated heterocycles. The number of piperazine rings is 1. The molecule has 3 amide bonds. The highest BCUT2D eigenvalue weighted by atomic mass is 16.5. The average Bonchev–Trinajstić information content (AvgIpc) is 3.30. The Bertz CT molecular complexity index is 1080. The molecule has 1 aliphatic heterocycles. The van der Waals surface area contributed by atoms with Crippen LogP contribution < -0.4 is 10.6 Å². The van der Waals surface area contributed by atoms with Crippen LogP contribution in [0, 0.1) is 6.92 Å². The van der Waals surface area contributed by atoms with Crippen LogP contribution in [0.5, 0.6) is 0 Å². The predicted octanol–water partition coefficient (Wildman–Crippen LogP) is 2.36. The van der Waals surface area contributed by atoms with Gasteiger partial charge >= 0.3 is 6.03 Å². The molecule has 33 heavy (non-hydrogen) atoms. The number of nitrogens with zero attached hydrogens (tertiary/aromatic N) is 4. The molecule has 0 spiro atoms. The Balaban J connectivity index is 1.39. The van der Waals surface area contributed by atoms with Crippen LogP contribution in [0.25, 0.3) is 11.4 Å². The molecule has 1 aliphatic rings. The van der Waals surface area contributed by atoms with Gasteiger partial charge in [-0.3, -0.25) is 19.9 Å². The van der Waals surface area contributed by atoms with Crippen molar-refractivity contribution in [3.8, 4) is 11.4 Å². The number of carbonyl (C=O) groups is 2. The molecule has 4 rings (SSSR count). The molecule has 0 radical (unpaired) electrons. The molecule has 9 heteroatoms. The van der Waals surface area contributed by atoms with Gasteiger partial charge in [0.1, 0.15) is 6.04 Å². The zero-order valence-electron chi connectivity index (χ0n) is 18.8. The monoisotopic (exact) mass is 448 g/mol. The van der Waals surface area contributed by atoms with Crippen molar-refractivity contribution in [3.63, 3.8) is 0 Å². The van der Waals surface area contributed by atoms with Crippen LogP contribution in [0.15, 0.2) is 59.1 Å². The molecule has 3 aromatic rings. The minimum absolute atomic E-state index is 0.339. The van der Waals surface area contributed by atoms with E-state index in [0.29, 0.717) is 31.3 Å². The summed E-state index contributed by atoms with van der Waals surface area (Å²) in [5, 5.41) is 8.97. The fourth-order valence-electron chi connectivity index (χ4n) is 3.92. The number of benzene rings is 2. The topological polar surface area (TPSA) is 104 Å². The van der Waals surface area contributed by atoms with Gasteiger partial charge in [-0.1, -0.05) is 65.3 Å². The number of amides is 3. The lowest BCUT2D eigenvalue weighted by Crippen LogP contribution is -2.52. The quantitative estimate of drug-likeness (QED) is 0.597. The van der Waals surface area contributed by atoms with Crippen molar-refractivity contribution in [2.24, 2.45) is 0 Å². The lowest BCUT2D eigenvalue weighted by molar-refractivity contribution is -0.126. The zero-order chi connectivity index (χ0) is 23.2. The fourth-order valence-corrected chi connectivity index (χ4v) is 3.92. The van der Waals surface area contributed by atoms with Gasteiger partial charge in [0.05, 0.1) is 6.54 Å². The number of hydrogen-bond donors (Lipinski definition) is 2. The highest BCUT2D eigenvalue weighted by Crippen LogP contribution is 2.23. The number of hydrogen-bond acceptors (Lipinski definition) is 7. The first kappa shape index (κ1) is 22.6. The van der Waals surface area contributed by atoms with Crippen LogP contribution in [-0.2, 0) is 11.3 Å². The molecular formula is C24H28N6O3. The fraction of sp³-hybridized carbons (Fsp3) is 0.333. The molecular weight excluding hydrogens is 420 g/mol. The SMILES string of the molecule is CNC(=O)NC(=O)C(c1ccccc1)N1CCN(Cc2nc(-c3ccc(C)cc3)no2)CC1. The van der Waals surface area contributed by atoms with Gasteiger partial charge in [-0.25, -0.2) is 4.79 Å². The number of carbonyl (C=O) groups excluding carboxylic acids is 2. The third kappa shape index (κ3) is 5.63. The summed E-state index contributed by atoms with van der Waals surface area (Å²) >= 11 is 0. The van der Waals surface area contributed by atoms with E-state index in [1.165, 1.54) is 12.6 Å². The zero-order valence-corrected chi connectivity index (χ0v) is 18.8. The van der Waals surface area contributed by atoms with Crippen molar-refractivity contribution in [1.29, 1.82) is 0 Å². The maximum atomic E-state index is 12.9. The number of urea groups is 1. The van der Waals surface area contributed by atoms with Crippen molar-refractivity contribution < 1.29 is 14.1 Å². The molecule has 172 valence electrons. The summed E-state index contributed by atoms with van der Waals surface area (Å²) in [5.41, 5.74) is 2.96. The summed E-state index contributed by atoms with van der Waals surface area (Å²) in [6.45, 7) is 5.39. The maximum Gasteiger partial charge on any atom is 0.321 e. The van der Waals surface area contributed by atoms with E-state index in [1.807, 2.05) is 61.5 Å². The lowest BCUT2D eigenvalue weighted by Gasteiger charge is -2.38. The van der Waals surface area contributed by atoms with E-state index in [0.717, 1.165) is 24.2 Å². The Morgan fingerprint density at radius 2 is 1.73 bits per heavy atom. The van der Waals surface area contributed by atoms with Crippen molar-refractivity contribution in [1.82, 2.24) is 30.6 Å². The van der Waals surface area contributed by atoms with Crippen molar-refractivity contribution >= 4 is 11.9 Å².